The third-order valence-corrected chi connectivity index (χ3v) is 1.82. The molecular weight excluding hydrogens is 212 g/mol. The molecule has 13 heavy (non-hydrogen) atoms. The van der Waals surface area contributed by atoms with Gasteiger partial charge in [0.25, 0.3) is 5.91 Å². The van der Waals surface area contributed by atoms with Gasteiger partial charge < -0.3 is 11.1 Å². The average molecular weight is 223 g/mol. The standard InChI is InChI=1S/C6H10N4OS.ClH/c1-2-3-8-6(11)4-5(7)12-10-9-4;/h2-3,7H2,1H3,(H,8,11);1H. The van der Waals surface area contributed by atoms with Crippen LogP contribution in [0.25, 0.3) is 0 Å². The minimum atomic E-state index is -0.247. The van der Waals surface area contributed by atoms with Crippen LogP contribution in [-0.2, 0) is 0 Å². The number of carbonyl (C=O) groups is 1. The van der Waals surface area contributed by atoms with Gasteiger partial charge in [0.2, 0.25) is 0 Å². The monoisotopic (exact) mass is 222 g/mol. The lowest BCUT2D eigenvalue weighted by atomic mass is 10.4. The van der Waals surface area contributed by atoms with Crippen LogP contribution in [0.5, 0.6) is 0 Å². The molecule has 5 nitrogen and oxygen atoms in total. The van der Waals surface area contributed by atoms with Gasteiger partial charge in [0, 0.05) is 18.1 Å². The van der Waals surface area contributed by atoms with E-state index < -0.39 is 0 Å². The Balaban J connectivity index is 0.00000144. The zero-order valence-electron chi connectivity index (χ0n) is 7.11. The Hall–Kier alpha value is -0.880. The molecule has 0 fully saturated rings. The molecule has 0 aliphatic rings. The number of carbonyl (C=O) groups excluding carboxylic acids is 1. The SMILES string of the molecule is CCCNC(=O)c1nnsc1N.Cl. The zero-order valence-corrected chi connectivity index (χ0v) is 8.74. The van der Waals surface area contributed by atoms with Crippen molar-refractivity contribution < 1.29 is 4.79 Å². The van der Waals surface area contributed by atoms with Crippen molar-refractivity contribution in [1.82, 2.24) is 14.9 Å². The summed E-state index contributed by atoms with van der Waals surface area (Å²) < 4.78 is 3.56. The average Bonchev–Trinajstić information content (AvgIpc) is 2.47. The number of nitrogens with two attached hydrogens (primary N) is 1. The molecule has 0 aliphatic carbocycles. The summed E-state index contributed by atoms with van der Waals surface area (Å²) in [7, 11) is 0. The molecule has 3 N–H and O–H groups in total. The first-order chi connectivity index (χ1) is 5.75. The van der Waals surface area contributed by atoms with Crippen LogP contribution in [0.1, 0.15) is 23.8 Å². The second-order valence-corrected chi connectivity index (χ2v) is 3.03. The van der Waals surface area contributed by atoms with Crippen LogP contribution in [0.15, 0.2) is 0 Å². The Bertz CT molecular complexity index is 277. The van der Waals surface area contributed by atoms with Gasteiger partial charge in [-0.2, -0.15) is 0 Å². The van der Waals surface area contributed by atoms with Gasteiger partial charge >= 0.3 is 0 Å². The fraction of sp³-hybridized carbons (Fsp3) is 0.500. The van der Waals surface area contributed by atoms with Crippen molar-refractivity contribution in [2.75, 3.05) is 12.3 Å². The minimum absolute atomic E-state index is 0. The van der Waals surface area contributed by atoms with Gasteiger partial charge in [-0.1, -0.05) is 11.4 Å². The first kappa shape index (κ1) is 12.1. The van der Waals surface area contributed by atoms with Gasteiger partial charge in [0.1, 0.15) is 5.00 Å². The molecule has 1 rings (SSSR count). The molecule has 1 aromatic heterocycles. The largest absolute Gasteiger partial charge is 0.387 e. The molecule has 1 aromatic rings. The summed E-state index contributed by atoms with van der Waals surface area (Å²) in [6.07, 6.45) is 0.892. The lowest BCUT2D eigenvalue weighted by molar-refractivity contribution is 0.0949. The summed E-state index contributed by atoms with van der Waals surface area (Å²) in [6.45, 7) is 2.61. The van der Waals surface area contributed by atoms with E-state index in [-0.39, 0.29) is 24.0 Å². The van der Waals surface area contributed by atoms with E-state index in [0.29, 0.717) is 11.5 Å². The number of aromatic nitrogens is 2. The molecule has 0 radical (unpaired) electrons. The summed E-state index contributed by atoms with van der Waals surface area (Å²) >= 11 is 1.02. The third-order valence-electron chi connectivity index (χ3n) is 1.26. The molecule has 0 bridgehead atoms. The van der Waals surface area contributed by atoms with Crippen molar-refractivity contribution in [3.63, 3.8) is 0 Å². The highest BCUT2D eigenvalue weighted by Crippen LogP contribution is 2.11. The molecule has 74 valence electrons. The lowest BCUT2D eigenvalue weighted by Crippen LogP contribution is -2.25. The summed E-state index contributed by atoms with van der Waals surface area (Å²) in [5.41, 5.74) is 5.68. The fourth-order valence-corrected chi connectivity index (χ4v) is 1.11. The van der Waals surface area contributed by atoms with Gasteiger partial charge in [-0.05, 0) is 6.42 Å². The maximum absolute atomic E-state index is 11.2. The molecule has 7 heteroatoms. The topological polar surface area (TPSA) is 80.9 Å². The fourth-order valence-electron chi connectivity index (χ4n) is 0.677. The van der Waals surface area contributed by atoms with E-state index in [1.54, 1.807) is 0 Å². The predicted molar refractivity (Wildman–Crippen MR) is 54.2 cm³/mol. The second-order valence-electron chi connectivity index (χ2n) is 2.24. The number of hydrogen-bond acceptors (Lipinski definition) is 5. The van der Waals surface area contributed by atoms with Gasteiger partial charge in [-0.15, -0.1) is 17.5 Å². The van der Waals surface area contributed by atoms with Crippen molar-refractivity contribution in [2.45, 2.75) is 13.3 Å². The highest BCUT2D eigenvalue weighted by Gasteiger charge is 2.12. The van der Waals surface area contributed by atoms with Crippen LogP contribution in [0.2, 0.25) is 0 Å². The van der Waals surface area contributed by atoms with Gasteiger partial charge in [0.05, 0.1) is 0 Å². The van der Waals surface area contributed by atoms with Crippen LogP contribution in [0.3, 0.4) is 0 Å². The Labute approximate surface area is 86.3 Å². The number of nitrogens with one attached hydrogen (secondary N) is 1. The van der Waals surface area contributed by atoms with E-state index >= 15 is 0 Å². The highest BCUT2D eigenvalue weighted by molar-refractivity contribution is 7.10. The highest BCUT2D eigenvalue weighted by atomic mass is 35.5. The molecule has 0 aromatic carbocycles. The van der Waals surface area contributed by atoms with E-state index in [4.69, 9.17) is 5.73 Å². The van der Waals surface area contributed by atoms with E-state index in [0.717, 1.165) is 18.0 Å². The number of hydrogen-bond donors (Lipinski definition) is 2. The minimum Gasteiger partial charge on any atom is -0.387 e. The van der Waals surface area contributed by atoms with Crippen molar-refractivity contribution >= 4 is 34.8 Å². The summed E-state index contributed by atoms with van der Waals surface area (Å²) in [5, 5.41) is 6.63. The number of anilines is 1. The number of halogens is 1. The maximum atomic E-state index is 11.2. The van der Waals surface area contributed by atoms with E-state index in [2.05, 4.69) is 14.9 Å². The number of nitrogens with zero attached hydrogens (tertiary/aromatic N) is 2. The molecule has 0 atom stereocenters. The molecular formula is C6H11ClN4OS. The molecule has 0 saturated carbocycles. The van der Waals surface area contributed by atoms with Crippen LogP contribution in [0.4, 0.5) is 5.00 Å². The van der Waals surface area contributed by atoms with Crippen LogP contribution in [0, 0.1) is 0 Å². The van der Waals surface area contributed by atoms with E-state index in [1.165, 1.54) is 0 Å². The molecule has 0 unspecified atom stereocenters. The van der Waals surface area contributed by atoms with E-state index in [9.17, 15) is 4.79 Å². The third kappa shape index (κ3) is 3.16. The quantitative estimate of drug-likeness (QED) is 0.788. The van der Waals surface area contributed by atoms with Crippen LogP contribution in [-0.4, -0.2) is 22.0 Å². The van der Waals surface area contributed by atoms with Crippen LogP contribution >= 0.6 is 23.9 Å². The lowest BCUT2D eigenvalue weighted by Gasteiger charge is -1.98. The van der Waals surface area contributed by atoms with Crippen molar-refractivity contribution in [2.24, 2.45) is 0 Å². The summed E-state index contributed by atoms with van der Waals surface area (Å²) in [4.78, 5) is 11.2. The van der Waals surface area contributed by atoms with Crippen molar-refractivity contribution in [3.8, 4) is 0 Å². The molecule has 1 heterocycles. The van der Waals surface area contributed by atoms with Gasteiger partial charge in [-0.25, -0.2) is 0 Å². The number of rotatable bonds is 3. The molecule has 1 amide bonds. The Morgan fingerprint density at radius 1 is 1.69 bits per heavy atom. The first-order valence-corrected chi connectivity index (χ1v) is 4.39. The van der Waals surface area contributed by atoms with Gasteiger partial charge in [0.15, 0.2) is 5.69 Å². The van der Waals surface area contributed by atoms with E-state index in [1.807, 2.05) is 6.92 Å². The summed E-state index contributed by atoms with van der Waals surface area (Å²) in [5.74, 6) is -0.247. The Morgan fingerprint density at radius 2 is 2.38 bits per heavy atom. The smallest absolute Gasteiger partial charge is 0.274 e. The number of amides is 1. The Morgan fingerprint density at radius 3 is 2.85 bits per heavy atom. The molecule has 0 spiro atoms. The maximum Gasteiger partial charge on any atom is 0.274 e. The molecule has 0 aliphatic heterocycles. The summed E-state index contributed by atoms with van der Waals surface area (Å²) in [6, 6.07) is 0. The zero-order chi connectivity index (χ0) is 8.97. The predicted octanol–water partition coefficient (Wildman–Crippen LogP) is 0.682. The van der Waals surface area contributed by atoms with Crippen molar-refractivity contribution in [3.05, 3.63) is 5.69 Å². The number of nitrogen functional groups attached to an aromatic ring is 1. The Kier molecular flexibility index (Phi) is 5.33. The second kappa shape index (κ2) is 5.71. The molecule has 0 saturated heterocycles. The van der Waals surface area contributed by atoms with Gasteiger partial charge in [-0.3, -0.25) is 4.79 Å². The normalized spacial score (nSPS) is 9.00. The van der Waals surface area contributed by atoms with Crippen LogP contribution < -0.4 is 11.1 Å². The van der Waals surface area contributed by atoms with Crippen molar-refractivity contribution in [1.29, 1.82) is 0 Å². The first-order valence-electron chi connectivity index (χ1n) is 3.61.